The Morgan fingerprint density at radius 1 is 1.00 bits per heavy atom. The van der Waals surface area contributed by atoms with Gasteiger partial charge in [0.05, 0.1) is 19.6 Å². The van der Waals surface area contributed by atoms with Gasteiger partial charge in [-0.1, -0.05) is 6.07 Å². The summed E-state index contributed by atoms with van der Waals surface area (Å²) in [5, 5.41) is 4.59. The second-order valence-corrected chi connectivity index (χ2v) is 7.42. The molecule has 27 heavy (non-hydrogen) atoms. The highest BCUT2D eigenvalue weighted by molar-refractivity contribution is 7.99. The molecule has 0 aliphatic rings. The minimum absolute atomic E-state index is 0.654. The molecule has 3 heterocycles. The Morgan fingerprint density at radius 2 is 1.78 bits per heavy atom. The summed E-state index contributed by atoms with van der Waals surface area (Å²) in [4.78, 5) is 18.8. The zero-order chi connectivity index (χ0) is 18.8. The molecule has 0 aliphatic heterocycles. The number of rotatable bonds is 5. The van der Waals surface area contributed by atoms with Gasteiger partial charge in [-0.25, -0.2) is 19.9 Å². The zero-order valence-corrected chi connectivity index (χ0v) is 16.6. The van der Waals surface area contributed by atoms with Crippen LogP contribution in [0.2, 0.25) is 0 Å². The number of nitrogens with zero attached hydrogens (tertiary/aromatic N) is 4. The van der Waals surface area contributed by atoms with Gasteiger partial charge in [0.25, 0.3) is 0 Å². The Labute approximate surface area is 164 Å². The molecule has 4 rings (SSSR count). The largest absolute Gasteiger partial charge is 0.493 e. The Hall–Kier alpha value is -2.71. The Kier molecular flexibility index (Phi) is 4.91. The molecule has 136 valence electrons. The van der Waals surface area contributed by atoms with E-state index in [2.05, 4.69) is 25.3 Å². The molecule has 0 bridgehead atoms. The number of hydrogen-bond donors (Lipinski definition) is 0. The molecule has 1 aromatic carbocycles. The van der Waals surface area contributed by atoms with Crippen LogP contribution in [0.4, 0.5) is 0 Å². The maximum absolute atomic E-state index is 5.45. The molecule has 0 amide bonds. The highest BCUT2D eigenvalue weighted by Gasteiger charge is 2.17. The van der Waals surface area contributed by atoms with E-state index >= 15 is 0 Å². The number of thiophene rings is 1. The van der Waals surface area contributed by atoms with Crippen LogP contribution in [0.5, 0.6) is 11.5 Å². The van der Waals surface area contributed by atoms with Gasteiger partial charge in [0.2, 0.25) is 0 Å². The fourth-order valence-corrected chi connectivity index (χ4v) is 4.67. The molecule has 0 spiro atoms. The normalized spacial score (nSPS) is 10.9. The molecule has 6 nitrogen and oxygen atoms in total. The summed E-state index contributed by atoms with van der Waals surface area (Å²) < 4.78 is 10.8. The number of methoxy groups -OCH3 is 2. The van der Waals surface area contributed by atoms with Crippen molar-refractivity contribution < 1.29 is 9.47 Å². The average molecular weight is 396 g/mol. The number of aryl methyl sites for hydroxylation is 1. The van der Waals surface area contributed by atoms with Crippen LogP contribution in [0.15, 0.2) is 52.2 Å². The number of hydrogen-bond acceptors (Lipinski definition) is 8. The van der Waals surface area contributed by atoms with Gasteiger partial charge in [0, 0.05) is 23.3 Å². The van der Waals surface area contributed by atoms with Gasteiger partial charge in [-0.3, -0.25) is 0 Å². The first-order valence-electron chi connectivity index (χ1n) is 8.12. The summed E-state index contributed by atoms with van der Waals surface area (Å²) in [6, 6.07) is 7.67. The highest BCUT2D eigenvalue weighted by atomic mass is 32.2. The molecule has 0 saturated carbocycles. The smallest absolute Gasteiger partial charge is 0.193 e. The van der Waals surface area contributed by atoms with E-state index in [9.17, 15) is 0 Å². The van der Waals surface area contributed by atoms with Gasteiger partial charge in [-0.15, -0.1) is 11.3 Å². The Morgan fingerprint density at radius 3 is 2.52 bits per heavy atom. The molecule has 0 saturated heterocycles. The summed E-state index contributed by atoms with van der Waals surface area (Å²) in [6.07, 6.45) is 3.45. The van der Waals surface area contributed by atoms with Gasteiger partial charge in [-0.2, -0.15) is 0 Å². The number of fused-ring (bicyclic) bond motifs is 1. The predicted molar refractivity (Wildman–Crippen MR) is 107 cm³/mol. The van der Waals surface area contributed by atoms with Crippen molar-refractivity contribution in [2.75, 3.05) is 14.2 Å². The van der Waals surface area contributed by atoms with E-state index in [1.54, 1.807) is 44.0 Å². The van der Waals surface area contributed by atoms with Gasteiger partial charge in [0.15, 0.2) is 16.7 Å². The Bertz CT molecular complexity index is 1100. The highest BCUT2D eigenvalue weighted by Crippen LogP contribution is 2.41. The molecule has 0 aliphatic carbocycles. The monoisotopic (exact) mass is 396 g/mol. The van der Waals surface area contributed by atoms with Crippen molar-refractivity contribution in [1.29, 1.82) is 0 Å². The van der Waals surface area contributed by atoms with Crippen molar-refractivity contribution in [3.05, 3.63) is 47.9 Å². The summed E-state index contributed by atoms with van der Waals surface area (Å²) in [5.74, 6) is 2.10. The lowest BCUT2D eigenvalue weighted by Crippen LogP contribution is -1.94. The molecule has 0 atom stereocenters. The molecule has 0 radical (unpaired) electrons. The van der Waals surface area contributed by atoms with Crippen LogP contribution in [-0.4, -0.2) is 34.2 Å². The third kappa shape index (κ3) is 3.45. The van der Waals surface area contributed by atoms with Gasteiger partial charge < -0.3 is 9.47 Å². The number of benzene rings is 1. The fraction of sp³-hybridized carbons (Fsp3) is 0.158. The maximum atomic E-state index is 5.45. The molecule has 0 fully saturated rings. The minimum Gasteiger partial charge on any atom is -0.493 e. The second kappa shape index (κ2) is 7.50. The molecule has 4 aromatic rings. The van der Waals surface area contributed by atoms with Crippen molar-refractivity contribution in [1.82, 2.24) is 19.9 Å². The van der Waals surface area contributed by atoms with Crippen LogP contribution in [0.3, 0.4) is 0 Å². The van der Waals surface area contributed by atoms with Crippen LogP contribution >= 0.6 is 23.1 Å². The van der Waals surface area contributed by atoms with Gasteiger partial charge in [-0.05, 0) is 42.4 Å². The van der Waals surface area contributed by atoms with Gasteiger partial charge >= 0.3 is 0 Å². The summed E-state index contributed by atoms with van der Waals surface area (Å²) in [6.45, 7) is 1.89. The van der Waals surface area contributed by atoms with Crippen molar-refractivity contribution in [2.45, 2.75) is 17.1 Å². The van der Waals surface area contributed by atoms with Crippen LogP contribution in [-0.2, 0) is 0 Å². The minimum atomic E-state index is 0.654. The SMILES string of the molecule is COc1ccc(-c2csc3nc(C)nc(Sc4ncccn4)c23)cc1OC. The van der Waals surface area contributed by atoms with E-state index in [1.165, 1.54) is 11.8 Å². The van der Waals surface area contributed by atoms with E-state index in [0.717, 1.165) is 32.2 Å². The first-order chi connectivity index (χ1) is 13.2. The lowest BCUT2D eigenvalue weighted by Gasteiger charge is -2.10. The standard InChI is InChI=1S/C19H16N4O2S2/c1-11-22-17-16(18(23-11)27-19-20-7-4-8-21-19)13(10-26-17)12-5-6-14(24-2)15(9-12)25-3/h4-10H,1-3H3. The topological polar surface area (TPSA) is 70.0 Å². The zero-order valence-electron chi connectivity index (χ0n) is 15.0. The molecule has 0 N–H and O–H groups in total. The lowest BCUT2D eigenvalue weighted by atomic mass is 10.1. The summed E-state index contributed by atoms with van der Waals surface area (Å²) in [5.41, 5.74) is 2.07. The quantitative estimate of drug-likeness (QED) is 0.360. The molecule has 0 unspecified atom stereocenters. The van der Waals surface area contributed by atoms with Crippen molar-refractivity contribution in [3.8, 4) is 22.6 Å². The third-order valence-electron chi connectivity index (χ3n) is 3.94. The van der Waals surface area contributed by atoms with E-state index in [0.29, 0.717) is 16.7 Å². The van der Waals surface area contributed by atoms with Crippen LogP contribution in [0.1, 0.15) is 5.82 Å². The summed E-state index contributed by atoms with van der Waals surface area (Å²) in [7, 11) is 3.26. The van der Waals surface area contributed by atoms with E-state index in [1.807, 2.05) is 25.1 Å². The Balaban J connectivity index is 1.87. The van der Waals surface area contributed by atoms with Crippen molar-refractivity contribution in [3.63, 3.8) is 0 Å². The van der Waals surface area contributed by atoms with Crippen LogP contribution < -0.4 is 9.47 Å². The molecular weight excluding hydrogens is 380 g/mol. The first kappa shape index (κ1) is 17.7. The van der Waals surface area contributed by atoms with E-state index in [4.69, 9.17) is 9.47 Å². The van der Waals surface area contributed by atoms with Crippen molar-refractivity contribution >= 4 is 33.3 Å². The van der Waals surface area contributed by atoms with Gasteiger partial charge in [0.1, 0.15) is 15.7 Å². The number of aromatic nitrogens is 4. The van der Waals surface area contributed by atoms with Crippen LogP contribution in [0.25, 0.3) is 21.3 Å². The summed E-state index contributed by atoms with van der Waals surface area (Å²) >= 11 is 3.03. The van der Waals surface area contributed by atoms with Crippen molar-refractivity contribution in [2.24, 2.45) is 0 Å². The molecular formula is C19H16N4O2S2. The molecule has 8 heteroatoms. The van der Waals surface area contributed by atoms with E-state index in [-0.39, 0.29) is 0 Å². The average Bonchev–Trinajstić information content (AvgIpc) is 3.12. The third-order valence-corrected chi connectivity index (χ3v) is 5.69. The predicted octanol–water partition coefficient (Wildman–Crippen LogP) is 4.63. The fourth-order valence-electron chi connectivity index (χ4n) is 2.73. The van der Waals surface area contributed by atoms with Crippen LogP contribution in [0, 0.1) is 6.92 Å². The second-order valence-electron chi connectivity index (χ2n) is 5.61. The lowest BCUT2D eigenvalue weighted by molar-refractivity contribution is 0.355. The molecule has 3 aromatic heterocycles. The number of ether oxygens (including phenoxy) is 2. The maximum Gasteiger partial charge on any atom is 0.193 e. The van der Waals surface area contributed by atoms with E-state index < -0.39 is 0 Å². The first-order valence-corrected chi connectivity index (χ1v) is 9.82.